The van der Waals surface area contributed by atoms with Crippen LogP contribution in [0, 0.1) is 11.3 Å². The minimum absolute atomic E-state index is 0.0453. The number of benzene rings is 2. The van der Waals surface area contributed by atoms with Gasteiger partial charge in [0.2, 0.25) is 0 Å². The van der Waals surface area contributed by atoms with Gasteiger partial charge < -0.3 is 38.6 Å². The molecule has 0 amide bonds. The molecule has 0 unspecified atom stereocenters. The molecule has 2 heterocycles. The molecule has 2 aromatic carbocycles. The second kappa shape index (κ2) is 24.2. The monoisotopic (exact) mass is 788 g/mol. The fourth-order valence-electron chi connectivity index (χ4n) is 7.46. The lowest BCUT2D eigenvalue weighted by atomic mass is 9.82. The van der Waals surface area contributed by atoms with E-state index in [0.717, 1.165) is 67.8 Å². The molecule has 0 aliphatic carbocycles. The molecule has 10 heteroatoms. The molecule has 2 N–H and O–H groups in total. The van der Waals surface area contributed by atoms with E-state index >= 15 is 0 Å². The Morgan fingerprint density at radius 3 is 2.37 bits per heavy atom. The average molecular weight is 789 g/mol. The Hall–Kier alpha value is -1.60. The number of thioether (sulfide) groups is 2. The van der Waals surface area contributed by atoms with Crippen molar-refractivity contribution in [3.8, 4) is 5.75 Å². The molecule has 0 radical (unpaired) electrons. The van der Waals surface area contributed by atoms with Crippen molar-refractivity contribution in [2.75, 3.05) is 45.7 Å². The van der Waals surface area contributed by atoms with Crippen molar-refractivity contribution in [3.63, 3.8) is 0 Å². The summed E-state index contributed by atoms with van der Waals surface area (Å²) in [6, 6.07) is 18.4. The molecule has 54 heavy (non-hydrogen) atoms. The third-order valence-corrected chi connectivity index (χ3v) is 14.1. The van der Waals surface area contributed by atoms with Crippen molar-refractivity contribution in [2.24, 2.45) is 11.3 Å². The largest absolute Gasteiger partial charge is 0.497 e. The van der Waals surface area contributed by atoms with Crippen LogP contribution in [0.3, 0.4) is 0 Å². The maximum Gasteiger partial charge on any atom is 0.146 e. The van der Waals surface area contributed by atoms with Crippen LogP contribution in [0.1, 0.15) is 96.1 Å². The van der Waals surface area contributed by atoms with E-state index in [1.54, 1.807) is 14.2 Å². The van der Waals surface area contributed by atoms with Gasteiger partial charge in [0.1, 0.15) is 12.5 Å². The highest BCUT2D eigenvalue weighted by molar-refractivity contribution is 8.18. The zero-order valence-corrected chi connectivity index (χ0v) is 35.1. The SMILES string of the molecule is COCO[C@@H](C[C@@H]1CCC[C@H](C(C)(C)COCc2ccccc2)O1)C[C@@H](OCc1ccc(OC)cc1)[C@@H](C)CC[C@@H](O)CC1(C/C=C\CO)SCCCS1. The summed E-state index contributed by atoms with van der Waals surface area (Å²) in [6.07, 6.45) is 12.3. The highest BCUT2D eigenvalue weighted by atomic mass is 32.2. The summed E-state index contributed by atoms with van der Waals surface area (Å²) < 4.78 is 36.9. The summed E-state index contributed by atoms with van der Waals surface area (Å²) >= 11 is 3.93. The van der Waals surface area contributed by atoms with Crippen molar-refractivity contribution in [2.45, 2.75) is 133 Å². The summed E-state index contributed by atoms with van der Waals surface area (Å²) in [5.41, 5.74) is 2.14. The molecule has 304 valence electrons. The molecule has 0 aromatic heterocycles. The lowest BCUT2D eigenvalue weighted by molar-refractivity contribution is -0.153. The smallest absolute Gasteiger partial charge is 0.146 e. The predicted octanol–water partition coefficient (Wildman–Crippen LogP) is 9.20. The van der Waals surface area contributed by atoms with Gasteiger partial charge in [0, 0.05) is 18.9 Å². The Balaban J connectivity index is 1.39. The van der Waals surface area contributed by atoms with Crippen LogP contribution in [0.25, 0.3) is 0 Å². The van der Waals surface area contributed by atoms with Gasteiger partial charge in [-0.3, -0.25) is 0 Å². The molecule has 2 saturated heterocycles. The first-order chi connectivity index (χ1) is 26.1. The second-order valence-electron chi connectivity index (χ2n) is 15.7. The van der Waals surface area contributed by atoms with Gasteiger partial charge >= 0.3 is 0 Å². The van der Waals surface area contributed by atoms with Crippen molar-refractivity contribution in [1.82, 2.24) is 0 Å². The van der Waals surface area contributed by atoms with Gasteiger partial charge in [-0.15, -0.1) is 23.5 Å². The van der Waals surface area contributed by atoms with Gasteiger partial charge in [0.15, 0.2) is 0 Å². The quantitative estimate of drug-likeness (QED) is 0.0749. The van der Waals surface area contributed by atoms with Crippen LogP contribution >= 0.6 is 23.5 Å². The number of methoxy groups -OCH3 is 2. The lowest BCUT2D eigenvalue weighted by Gasteiger charge is -2.41. The first-order valence-corrected chi connectivity index (χ1v) is 22.0. The Labute approximate surface area is 334 Å². The van der Waals surface area contributed by atoms with E-state index in [-0.39, 0.29) is 53.2 Å². The van der Waals surface area contributed by atoms with Gasteiger partial charge in [-0.25, -0.2) is 0 Å². The Morgan fingerprint density at radius 2 is 1.67 bits per heavy atom. The van der Waals surface area contributed by atoms with Crippen molar-refractivity contribution < 1.29 is 38.6 Å². The van der Waals surface area contributed by atoms with E-state index in [4.69, 9.17) is 28.4 Å². The predicted molar refractivity (Wildman–Crippen MR) is 222 cm³/mol. The molecule has 2 fully saturated rings. The van der Waals surface area contributed by atoms with Gasteiger partial charge in [-0.2, -0.15) is 0 Å². The van der Waals surface area contributed by atoms with Crippen LogP contribution in [0.5, 0.6) is 5.75 Å². The minimum Gasteiger partial charge on any atom is -0.497 e. The third-order valence-electron chi connectivity index (χ3n) is 10.7. The zero-order valence-electron chi connectivity index (χ0n) is 33.5. The molecule has 0 spiro atoms. The molecule has 6 atom stereocenters. The van der Waals surface area contributed by atoms with Crippen LogP contribution in [-0.4, -0.2) is 90.5 Å². The standard InChI is InChI=1S/C44H68O8S2/c1-34(17-20-37(46)29-44(23-9-10-24-45)53-25-12-26-54-44)41(50-31-36-18-21-38(48-5)22-19-36)28-40(51-33-47-4)27-39-15-11-16-42(52-39)43(2,3)32-49-30-35-13-7-6-8-14-35/h6-10,13-14,18-19,21-22,34,37,39-42,45-46H,11-12,15-17,20,23-33H2,1-5H3/b10-9-/t34-,37+,39-,40-,41+,42+/m0/s1. The molecule has 0 saturated carbocycles. The number of rotatable bonds is 25. The maximum absolute atomic E-state index is 11.4. The van der Waals surface area contributed by atoms with E-state index in [1.807, 2.05) is 59.9 Å². The van der Waals surface area contributed by atoms with Gasteiger partial charge in [-0.1, -0.05) is 75.4 Å². The molecular formula is C44H68O8S2. The van der Waals surface area contributed by atoms with Crippen molar-refractivity contribution >= 4 is 23.5 Å². The van der Waals surface area contributed by atoms with E-state index < -0.39 is 6.10 Å². The maximum atomic E-state index is 11.4. The fraction of sp³-hybridized carbons (Fsp3) is 0.682. The highest BCUT2D eigenvalue weighted by Crippen LogP contribution is 2.48. The molecule has 2 aromatic rings. The van der Waals surface area contributed by atoms with E-state index in [9.17, 15) is 10.2 Å². The fourth-order valence-corrected chi connectivity index (χ4v) is 10.8. The molecule has 2 aliphatic rings. The molecule has 2 aliphatic heterocycles. The van der Waals surface area contributed by atoms with Gasteiger partial charge in [0.25, 0.3) is 0 Å². The van der Waals surface area contributed by atoms with E-state index in [1.165, 1.54) is 12.0 Å². The first-order valence-electron chi connectivity index (χ1n) is 20.0. The summed E-state index contributed by atoms with van der Waals surface area (Å²) in [7, 11) is 3.34. The number of ether oxygens (including phenoxy) is 6. The summed E-state index contributed by atoms with van der Waals surface area (Å²) in [6.45, 7) is 8.71. The van der Waals surface area contributed by atoms with Gasteiger partial charge in [-0.05, 0) is 98.5 Å². The molecule has 4 rings (SSSR count). The number of allylic oxidation sites excluding steroid dienone is 1. The summed E-state index contributed by atoms with van der Waals surface area (Å²) in [5.74, 6) is 3.22. The summed E-state index contributed by atoms with van der Waals surface area (Å²) in [5, 5.41) is 20.7. The van der Waals surface area contributed by atoms with E-state index in [2.05, 4.69) is 51.1 Å². The normalized spacial score (nSPS) is 21.5. The Bertz CT molecular complexity index is 1300. The number of aliphatic hydroxyl groups is 2. The Kier molecular flexibility index (Phi) is 20.2. The number of hydrogen-bond acceptors (Lipinski definition) is 10. The third kappa shape index (κ3) is 15.7. The first kappa shape index (κ1) is 45.1. The number of hydrogen-bond donors (Lipinski definition) is 2. The summed E-state index contributed by atoms with van der Waals surface area (Å²) in [4.78, 5) is 0. The zero-order chi connectivity index (χ0) is 38.7. The molecule has 8 nitrogen and oxygen atoms in total. The van der Waals surface area contributed by atoms with E-state index in [0.29, 0.717) is 32.7 Å². The minimum atomic E-state index is -0.413. The van der Waals surface area contributed by atoms with Crippen LogP contribution in [-0.2, 0) is 36.9 Å². The molecular weight excluding hydrogens is 721 g/mol. The lowest BCUT2D eigenvalue weighted by Crippen LogP contribution is -2.42. The Morgan fingerprint density at radius 1 is 0.926 bits per heavy atom. The average Bonchev–Trinajstić information content (AvgIpc) is 3.18. The number of aliphatic hydroxyl groups excluding tert-OH is 2. The highest BCUT2D eigenvalue weighted by Gasteiger charge is 2.38. The van der Waals surface area contributed by atoms with Crippen LogP contribution in [0.15, 0.2) is 66.7 Å². The van der Waals surface area contributed by atoms with Crippen LogP contribution in [0.2, 0.25) is 0 Å². The topological polar surface area (TPSA) is 95.8 Å². The van der Waals surface area contributed by atoms with Crippen LogP contribution in [0.4, 0.5) is 0 Å². The van der Waals surface area contributed by atoms with Crippen molar-refractivity contribution in [1.29, 1.82) is 0 Å². The van der Waals surface area contributed by atoms with Gasteiger partial charge in [0.05, 0.1) is 68.1 Å². The molecule has 0 bridgehead atoms. The van der Waals surface area contributed by atoms with Crippen molar-refractivity contribution in [3.05, 3.63) is 77.9 Å². The second-order valence-corrected chi connectivity index (χ2v) is 19.0. The van der Waals surface area contributed by atoms with Crippen LogP contribution < -0.4 is 4.74 Å².